The van der Waals surface area contributed by atoms with E-state index < -0.39 is 12.6 Å². The largest absolute Gasteiger partial charge is 0.396 e. The van der Waals surface area contributed by atoms with Crippen LogP contribution in [-0.2, 0) is 13.0 Å². The van der Waals surface area contributed by atoms with E-state index in [1.165, 1.54) is 16.5 Å². The Morgan fingerprint density at radius 1 is 1.26 bits per heavy atom. The standard InChI is InChI=1S/C14H16ClF3N4S/c1-3-22-12(8-14(16,17)18)19-20-13(22)9(2)21-23-11-6-4-10(15)5-7-11/h4-7,9,21H,3,8H2,1-2H3. The van der Waals surface area contributed by atoms with Crippen molar-refractivity contribution in [1.29, 1.82) is 0 Å². The summed E-state index contributed by atoms with van der Waals surface area (Å²) in [5, 5.41) is 8.24. The molecule has 1 N–H and O–H groups in total. The predicted molar refractivity (Wildman–Crippen MR) is 84.3 cm³/mol. The van der Waals surface area contributed by atoms with Crippen molar-refractivity contribution in [2.45, 2.75) is 43.9 Å². The van der Waals surface area contributed by atoms with E-state index in [4.69, 9.17) is 11.6 Å². The Bertz CT molecular complexity index is 642. The smallest absolute Gasteiger partial charge is 0.314 e. The second kappa shape index (κ2) is 7.55. The number of nitrogens with zero attached hydrogens (tertiary/aromatic N) is 3. The summed E-state index contributed by atoms with van der Waals surface area (Å²) in [6.07, 6.45) is -5.38. The molecular weight excluding hydrogens is 349 g/mol. The first-order chi connectivity index (χ1) is 10.8. The van der Waals surface area contributed by atoms with Gasteiger partial charge in [0.15, 0.2) is 5.82 Å². The van der Waals surface area contributed by atoms with Crippen molar-refractivity contribution in [1.82, 2.24) is 19.5 Å². The van der Waals surface area contributed by atoms with E-state index in [2.05, 4.69) is 14.9 Å². The van der Waals surface area contributed by atoms with Gasteiger partial charge in [0, 0.05) is 16.5 Å². The Balaban J connectivity index is 2.06. The minimum absolute atomic E-state index is 0.0693. The summed E-state index contributed by atoms with van der Waals surface area (Å²) in [7, 11) is 0. The molecule has 23 heavy (non-hydrogen) atoms. The third kappa shape index (κ3) is 5.12. The van der Waals surface area contributed by atoms with Crippen molar-refractivity contribution in [2.24, 2.45) is 0 Å². The highest BCUT2D eigenvalue weighted by atomic mass is 35.5. The lowest BCUT2D eigenvalue weighted by Crippen LogP contribution is -2.20. The average molecular weight is 365 g/mol. The number of benzene rings is 1. The second-order valence-electron chi connectivity index (χ2n) is 4.91. The van der Waals surface area contributed by atoms with Crippen molar-refractivity contribution in [3.8, 4) is 0 Å². The molecule has 126 valence electrons. The van der Waals surface area contributed by atoms with Gasteiger partial charge >= 0.3 is 6.18 Å². The molecule has 1 aromatic heterocycles. The molecule has 2 aromatic rings. The van der Waals surface area contributed by atoms with Crippen LogP contribution in [0.4, 0.5) is 13.2 Å². The first kappa shape index (κ1) is 18.1. The van der Waals surface area contributed by atoms with Gasteiger partial charge in [-0.25, -0.2) is 4.72 Å². The van der Waals surface area contributed by atoms with Gasteiger partial charge in [0.05, 0.1) is 6.04 Å². The quantitative estimate of drug-likeness (QED) is 0.771. The summed E-state index contributed by atoms with van der Waals surface area (Å²) in [6.45, 7) is 3.98. The number of hydrogen-bond donors (Lipinski definition) is 1. The Morgan fingerprint density at radius 2 is 1.91 bits per heavy atom. The van der Waals surface area contributed by atoms with Crippen LogP contribution < -0.4 is 4.72 Å². The average Bonchev–Trinajstić information content (AvgIpc) is 2.87. The molecule has 4 nitrogen and oxygen atoms in total. The van der Waals surface area contributed by atoms with Gasteiger partial charge in [0.1, 0.15) is 12.2 Å². The number of nitrogens with one attached hydrogen (secondary N) is 1. The molecule has 0 bridgehead atoms. The molecule has 0 radical (unpaired) electrons. The minimum Gasteiger partial charge on any atom is -0.314 e. The maximum Gasteiger partial charge on any atom is 0.396 e. The molecule has 9 heteroatoms. The lowest BCUT2D eigenvalue weighted by atomic mass is 10.3. The number of alkyl halides is 3. The van der Waals surface area contributed by atoms with Crippen LogP contribution in [0.25, 0.3) is 0 Å². The first-order valence-corrected chi connectivity index (χ1v) is 8.16. The van der Waals surface area contributed by atoms with Gasteiger partial charge in [-0.05, 0) is 50.1 Å². The molecule has 0 amide bonds. The number of rotatable bonds is 6. The molecule has 1 unspecified atom stereocenters. The maximum absolute atomic E-state index is 12.6. The van der Waals surface area contributed by atoms with Crippen LogP contribution in [0.3, 0.4) is 0 Å². The number of aromatic nitrogens is 3. The van der Waals surface area contributed by atoms with Crippen LogP contribution in [0, 0.1) is 0 Å². The number of hydrogen-bond acceptors (Lipinski definition) is 4. The van der Waals surface area contributed by atoms with Gasteiger partial charge in [0.25, 0.3) is 0 Å². The lowest BCUT2D eigenvalue weighted by Gasteiger charge is -2.15. The van der Waals surface area contributed by atoms with Crippen LogP contribution in [0.15, 0.2) is 29.2 Å². The molecule has 0 spiro atoms. The molecule has 1 heterocycles. The Kier molecular flexibility index (Phi) is 5.94. The summed E-state index contributed by atoms with van der Waals surface area (Å²) in [6, 6.07) is 6.99. The van der Waals surface area contributed by atoms with E-state index in [-0.39, 0.29) is 11.9 Å². The molecule has 1 aromatic carbocycles. The van der Waals surface area contributed by atoms with Gasteiger partial charge in [-0.3, -0.25) is 0 Å². The van der Waals surface area contributed by atoms with Crippen LogP contribution in [0.5, 0.6) is 0 Å². The highest BCUT2D eigenvalue weighted by Crippen LogP contribution is 2.24. The second-order valence-corrected chi connectivity index (χ2v) is 6.25. The highest BCUT2D eigenvalue weighted by molar-refractivity contribution is 7.97. The van der Waals surface area contributed by atoms with Crippen molar-refractivity contribution >= 4 is 23.5 Å². The summed E-state index contributed by atoms with van der Waals surface area (Å²) in [5.41, 5.74) is 0. The third-order valence-corrected chi connectivity index (χ3v) is 4.32. The Hall–Kier alpha value is -1.25. The van der Waals surface area contributed by atoms with Crippen LogP contribution in [0.2, 0.25) is 5.02 Å². The monoisotopic (exact) mass is 364 g/mol. The van der Waals surface area contributed by atoms with Crippen molar-refractivity contribution in [3.63, 3.8) is 0 Å². The van der Waals surface area contributed by atoms with Crippen LogP contribution >= 0.6 is 23.5 Å². The molecule has 1 atom stereocenters. The Morgan fingerprint density at radius 3 is 2.48 bits per heavy atom. The van der Waals surface area contributed by atoms with Gasteiger partial charge < -0.3 is 4.57 Å². The Labute approximate surface area is 141 Å². The van der Waals surface area contributed by atoms with Crippen LogP contribution in [0.1, 0.15) is 31.5 Å². The van der Waals surface area contributed by atoms with E-state index in [0.717, 1.165) is 4.90 Å². The van der Waals surface area contributed by atoms with E-state index in [1.807, 2.05) is 19.1 Å². The van der Waals surface area contributed by atoms with E-state index >= 15 is 0 Å². The van der Waals surface area contributed by atoms with Gasteiger partial charge in [-0.15, -0.1) is 10.2 Å². The SMILES string of the molecule is CCn1c(CC(F)(F)F)nnc1C(C)NSc1ccc(Cl)cc1. The highest BCUT2D eigenvalue weighted by Gasteiger charge is 2.31. The lowest BCUT2D eigenvalue weighted by molar-refractivity contribution is -0.129. The maximum atomic E-state index is 12.6. The summed E-state index contributed by atoms with van der Waals surface area (Å²) in [5.74, 6) is 0.411. The molecule has 0 aliphatic carbocycles. The molecule has 0 saturated heterocycles. The van der Waals surface area contributed by atoms with E-state index in [1.54, 1.807) is 19.1 Å². The zero-order valence-electron chi connectivity index (χ0n) is 12.6. The molecule has 0 saturated carbocycles. The number of halogens is 4. The molecule has 0 aliphatic rings. The first-order valence-electron chi connectivity index (χ1n) is 6.97. The molecule has 2 rings (SSSR count). The van der Waals surface area contributed by atoms with Gasteiger partial charge in [0.2, 0.25) is 0 Å². The fraction of sp³-hybridized carbons (Fsp3) is 0.429. The molecule has 0 aliphatic heterocycles. The van der Waals surface area contributed by atoms with Crippen molar-refractivity contribution in [2.75, 3.05) is 0 Å². The van der Waals surface area contributed by atoms with Crippen molar-refractivity contribution < 1.29 is 13.2 Å². The van der Waals surface area contributed by atoms with Gasteiger partial charge in [-0.1, -0.05) is 11.6 Å². The topological polar surface area (TPSA) is 42.7 Å². The fourth-order valence-electron chi connectivity index (χ4n) is 2.04. The zero-order valence-corrected chi connectivity index (χ0v) is 14.1. The third-order valence-electron chi connectivity index (χ3n) is 3.09. The molecular formula is C14H16ClF3N4S. The normalized spacial score (nSPS) is 13.3. The molecule has 0 fully saturated rings. The summed E-state index contributed by atoms with van der Waals surface area (Å²) < 4.78 is 42.3. The zero-order chi connectivity index (χ0) is 17.0. The van der Waals surface area contributed by atoms with E-state index in [0.29, 0.717) is 17.4 Å². The minimum atomic E-state index is -4.30. The van der Waals surface area contributed by atoms with Crippen LogP contribution in [-0.4, -0.2) is 20.9 Å². The summed E-state index contributed by atoms with van der Waals surface area (Å²) >= 11 is 7.18. The van der Waals surface area contributed by atoms with Gasteiger partial charge in [-0.2, -0.15) is 13.2 Å². The van der Waals surface area contributed by atoms with Crippen molar-refractivity contribution in [3.05, 3.63) is 40.9 Å². The predicted octanol–water partition coefficient (Wildman–Crippen LogP) is 4.41. The van der Waals surface area contributed by atoms with E-state index in [9.17, 15) is 13.2 Å². The fourth-order valence-corrected chi connectivity index (χ4v) is 2.85. The summed E-state index contributed by atoms with van der Waals surface area (Å²) in [4.78, 5) is 0.944.